The van der Waals surface area contributed by atoms with Crippen LogP contribution < -0.4 is 5.32 Å². The minimum atomic E-state index is -0.243. The van der Waals surface area contributed by atoms with Crippen LogP contribution in [0.25, 0.3) is 0 Å². The highest BCUT2D eigenvalue weighted by atomic mass is 79.9. The SMILES string of the molecule is Cn1c(CC(=O)N[C@@H]2CCCOC2)c2n(c1=S)C[C@@]1(c3cc(Br)ccc3F)CC21. The lowest BCUT2D eigenvalue weighted by Gasteiger charge is -2.23. The molecule has 0 bridgehead atoms. The van der Waals surface area contributed by atoms with Crippen molar-refractivity contribution in [3.8, 4) is 0 Å². The molecule has 1 N–H and O–H groups in total. The van der Waals surface area contributed by atoms with E-state index in [1.54, 1.807) is 6.07 Å². The van der Waals surface area contributed by atoms with Gasteiger partial charge in [0.2, 0.25) is 5.91 Å². The van der Waals surface area contributed by atoms with Crippen molar-refractivity contribution < 1.29 is 13.9 Å². The van der Waals surface area contributed by atoms with Gasteiger partial charge in [-0.2, -0.15) is 0 Å². The van der Waals surface area contributed by atoms with Gasteiger partial charge in [0.25, 0.3) is 0 Å². The lowest BCUT2D eigenvalue weighted by Crippen LogP contribution is -2.41. The summed E-state index contributed by atoms with van der Waals surface area (Å²) < 4.78 is 25.7. The second-order valence-electron chi connectivity index (χ2n) is 8.46. The third kappa shape index (κ3) is 3.11. The molecule has 2 aliphatic heterocycles. The van der Waals surface area contributed by atoms with Gasteiger partial charge in [-0.15, -0.1) is 0 Å². The Kier molecular flexibility index (Phi) is 4.71. The summed E-state index contributed by atoms with van der Waals surface area (Å²) in [5.41, 5.74) is 2.55. The normalized spacial score (nSPS) is 27.4. The van der Waals surface area contributed by atoms with Crippen molar-refractivity contribution in [3.05, 3.63) is 50.2 Å². The predicted octanol–water partition coefficient (Wildman–Crippen LogP) is 3.73. The molecule has 1 aliphatic carbocycles. The number of imidazole rings is 1. The number of carbonyl (C=O) groups is 1. The third-order valence-electron chi connectivity index (χ3n) is 6.67. The van der Waals surface area contributed by atoms with Gasteiger partial charge in [0.05, 0.1) is 19.1 Å². The highest BCUT2D eigenvalue weighted by molar-refractivity contribution is 9.10. The van der Waals surface area contributed by atoms with E-state index in [-0.39, 0.29) is 35.5 Å². The van der Waals surface area contributed by atoms with E-state index in [2.05, 4.69) is 25.8 Å². The van der Waals surface area contributed by atoms with E-state index in [0.717, 1.165) is 47.3 Å². The molecule has 2 fully saturated rings. The van der Waals surface area contributed by atoms with E-state index in [9.17, 15) is 9.18 Å². The molecule has 1 unspecified atom stereocenters. The quantitative estimate of drug-likeness (QED) is 0.679. The molecule has 2 aromatic rings. The third-order valence-corrected chi connectivity index (χ3v) is 7.66. The first-order chi connectivity index (χ1) is 13.9. The molecule has 154 valence electrons. The number of hydrogen-bond acceptors (Lipinski definition) is 3. The van der Waals surface area contributed by atoms with E-state index >= 15 is 0 Å². The van der Waals surface area contributed by atoms with Gasteiger partial charge in [-0.3, -0.25) is 4.79 Å². The largest absolute Gasteiger partial charge is 0.379 e. The number of fused-ring (bicyclic) bond motifs is 3. The van der Waals surface area contributed by atoms with Crippen molar-refractivity contribution in [1.29, 1.82) is 0 Å². The molecule has 1 aromatic carbocycles. The van der Waals surface area contributed by atoms with E-state index in [0.29, 0.717) is 17.9 Å². The molecule has 1 saturated heterocycles. The fraction of sp³-hybridized carbons (Fsp3) is 0.524. The molecule has 29 heavy (non-hydrogen) atoms. The number of nitrogens with zero attached hydrogens (tertiary/aromatic N) is 2. The molecule has 3 heterocycles. The summed E-state index contributed by atoms with van der Waals surface area (Å²) >= 11 is 9.13. The number of aromatic nitrogens is 2. The van der Waals surface area contributed by atoms with Crippen molar-refractivity contribution in [1.82, 2.24) is 14.5 Å². The van der Waals surface area contributed by atoms with Crippen molar-refractivity contribution >= 4 is 34.1 Å². The smallest absolute Gasteiger partial charge is 0.226 e. The minimum Gasteiger partial charge on any atom is -0.379 e. The second-order valence-corrected chi connectivity index (χ2v) is 9.74. The molecular weight excluding hydrogens is 457 g/mol. The summed E-state index contributed by atoms with van der Waals surface area (Å²) in [6.07, 6.45) is 3.10. The number of carbonyl (C=O) groups excluding carboxylic acids is 1. The molecular formula is C21H23BrFN3O2S. The predicted molar refractivity (Wildman–Crippen MR) is 113 cm³/mol. The number of benzene rings is 1. The topological polar surface area (TPSA) is 48.2 Å². The number of hydrogen-bond donors (Lipinski definition) is 1. The molecule has 1 amide bonds. The lowest BCUT2D eigenvalue weighted by molar-refractivity contribution is -0.122. The zero-order chi connectivity index (χ0) is 20.3. The van der Waals surface area contributed by atoms with E-state index in [1.807, 2.05) is 17.7 Å². The Morgan fingerprint density at radius 3 is 3.07 bits per heavy atom. The summed E-state index contributed by atoms with van der Waals surface area (Å²) in [6.45, 7) is 2.01. The Morgan fingerprint density at radius 1 is 1.48 bits per heavy atom. The van der Waals surface area contributed by atoms with Gasteiger partial charge >= 0.3 is 0 Å². The molecule has 5 nitrogen and oxygen atoms in total. The van der Waals surface area contributed by atoms with Crippen LogP contribution in [-0.4, -0.2) is 34.3 Å². The van der Waals surface area contributed by atoms with Gasteiger partial charge < -0.3 is 19.2 Å². The number of ether oxygens (including phenoxy) is 1. The van der Waals surface area contributed by atoms with Gasteiger partial charge in [0.15, 0.2) is 4.77 Å². The van der Waals surface area contributed by atoms with Crippen LogP contribution in [0.2, 0.25) is 0 Å². The Bertz CT molecular complexity index is 1060. The molecule has 3 atom stereocenters. The van der Waals surface area contributed by atoms with E-state index in [1.165, 1.54) is 6.07 Å². The van der Waals surface area contributed by atoms with Crippen molar-refractivity contribution in [2.45, 2.75) is 49.6 Å². The van der Waals surface area contributed by atoms with Crippen molar-refractivity contribution in [3.63, 3.8) is 0 Å². The van der Waals surface area contributed by atoms with Gasteiger partial charge in [-0.25, -0.2) is 4.39 Å². The molecule has 0 spiro atoms. The van der Waals surface area contributed by atoms with Crippen LogP contribution in [0, 0.1) is 10.6 Å². The van der Waals surface area contributed by atoms with Crippen LogP contribution in [0.1, 0.15) is 42.1 Å². The highest BCUT2D eigenvalue weighted by Crippen LogP contribution is 2.66. The fourth-order valence-electron chi connectivity index (χ4n) is 5.15. The van der Waals surface area contributed by atoms with Crippen LogP contribution in [0.5, 0.6) is 0 Å². The number of halogens is 2. The maximum atomic E-state index is 14.6. The first-order valence-electron chi connectivity index (χ1n) is 10.0. The number of amides is 1. The first kappa shape index (κ1) is 19.5. The Balaban J connectivity index is 1.42. The maximum Gasteiger partial charge on any atom is 0.226 e. The van der Waals surface area contributed by atoms with Crippen LogP contribution >= 0.6 is 28.1 Å². The second kappa shape index (κ2) is 7.03. The molecule has 5 rings (SSSR count). The summed E-state index contributed by atoms with van der Waals surface area (Å²) in [5.74, 6) is 0.0228. The van der Waals surface area contributed by atoms with Crippen LogP contribution in [0.3, 0.4) is 0 Å². The summed E-state index contributed by atoms with van der Waals surface area (Å²) in [6, 6.07) is 5.22. The Morgan fingerprint density at radius 2 is 2.31 bits per heavy atom. The monoisotopic (exact) mass is 479 g/mol. The van der Waals surface area contributed by atoms with Gasteiger partial charge in [-0.05, 0) is 55.2 Å². The minimum absolute atomic E-state index is 0.00807. The van der Waals surface area contributed by atoms with Gasteiger partial charge in [0.1, 0.15) is 5.82 Å². The molecule has 1 aromatic heterocycles. The zero-order valence-electron chi connectivity index (χ0n) is 16.2. The number of rotatable bonds is 4. The first-order valence-corrected chi connectivity index (χ1v) is 11.2. The molecule has 0 radical (unpaired) electrons. The van der Waals surface area contributed by atoms with E-state index in [4.69, 9.17) is 17.0 Å². The number of nitrogens with one attached hydrogen (secondary N) is 1. The van der Waals surface area contributed by atoms with Crippen LogP contribution in [0.4, 0.5) is 4.39 Å². The average molecular weight is 480 g/mol. The average Bonchev–Trinajstić information content (AvgIpc) is 3.26. The van der Waals surface area contributed by atoms with Crippen molar-refractivity contribution in [2.75, 3.05) is 13.2 Å². The highest BCUT2D eigenvalue weighted by Gasteiger charge is 2.63. The summed E-state index contributed by atoms with van der Waals surface area (Å²) in [5, 5.41) is 3.09. The van der Waals surface area contributed by atoms with Gasteiger partial charge in [-0.1, -0.05) is 15.9 Å². The standard InChI is InChI=1S/C21H23BrFN3O2S/c1-25-17(8-18(27)24-13-3-2-6-28-10-13)19-15-9-21(15,11-26(19)20(25)29)14-7-12(22)4-5-16(14)23/h4-5,7,13,15H,2-3,6,8-11H2,1H3,(H,24,27)/t13-,15?,21-/m1/s1. The lowest BCUT2D eigenvalue weighted by atomic mass is 9.93. The molecule has 8 heteroatoms. The maximum absolute atomic E-state index is 14.6. The summed E-state index contributed by atoms with van der Waals surface area (Å²) in [7, 11) is 1.92. The summed E-state index contributed by atoms with van der Waals surface area (Å²) in [4.78, 5) is 12.7. The van der Waals surface area contributed by atoms with Crippen molar-refractivity contribution in [2.24, 2.45) is 7.05 Å². The molecule has 1 saturated carbocycles. The fourth-order valence-corrected chi connectivity index (χ4v) is 5.78. The zero-order valence-corrected chi connectivity index (χ0v) is 18.6. The van der Waals surface area contributed by atoms with Gasteiger partial charge in [0, 0.05) is 47.4 Å². The van der Waals surface area contributed by atoms with Crippen LogP contribution in [-0.2, 0) is 35.0 Å². The van der Waals surface area contributed by atoms with Crippen LogP contribution in [0.15, 0.2) is 22.7 Å². The van der Waals surface area contributed by atoms with E-state index < -0.39 is 0 Å². The Labute approximate surface area is 182 Å². The Hall–Kier alpha value is -1.51. The molecule has 3 aliphatic rings.